The van der Waals surface area contributed by atoms with Crippen LogP contribution in [0.4, 0.5) is 23.2 Å². The normalized spacial score (nSPS) is 17.4. The topological polar surface area (TPSA) is 59.2 Å². The highest BCUT2D eigenvalue weighted by atomic mass is 19.4. The average molecular weight is 391 g/mol. The van der Waals surface area contributed by atoms with E-state index < -0.39 is 17.9 Å². The maximum atomic E-state index is 13.6. The molecule has 1 amide bonds. The van der Waals surface area contributed by atoms with Crippen LogP contribution in [0.1, 0.15) is 30.3 Å². The number of benzene rings is 2. The van der Waals surface area contributed by atoms with Crippen molar-refractivity contribution < 1.29 is 26.9 Å². The van der Waals surface area contributed by atoms with E-state index in [4.69, 9.17) is 0 Å². The van der Waals surface area contributed by atoms with E-state index in [-0.39, 0.29) is 17.8 Å². The molecule has 28 heavy (non-hydrogen) atoms. The standard InChI is InChI=1S/C19H13F4N3O2/c20-13-2-1-3-14(10-13)26-15(8-9-16(26)27)11-4-6-12(7-5-11)17-24-18(28-25-17)19(21,22)23/h1-7,10,15H,8-9H2. The zero-order chi connectivity index (χ0) is 19.9. The lowest BCUT2D eigenvalue weighted by molar-refractivity contribution is -0.159. The maximum Gasteiger partial charge on any atom is 0.471 e. The number of anilines is 1. The fourth-order valence-electron chi connectivity index (χ4n) is 3.26. The number of carbonyl (C=O) groups is 1. The SMILES string of the molecule is O=C1CCC(c2ccc(-c3noc(C(F)(F)F)n3)cc2)N1c1cccc(F)c1. The van der Waals surface area contributed by atoms with Crippen molar-refractivity contribution in [1.82, 2.24) is 10.1 Å². The number of hydrogen-bond donors (Lipinski definition) is 0. The van der Waals surface area contributed by atoms with Gasteiger partial charge in [-0.05, 0) is 30.2 Å². The largest absolute Gasteiger partial charge is 0.471 e. The molecule has 9 heteroatoms. The third-order valence-electron chi connectivity index (χ3n) is 4.52. The first-order valence-electron chi connectivity index (χ1n) is 8.42. The van der Waals surface area contributed by atoms with E-state index in [9.17, 15) is 22.4 Å². The van der Waals surface area contributed by atoms with Crippen molar-refractivity contribution in [2.75, 3.05) is 4.90 Å². The molecule has 5 nitrogen and oxygen atoms in total. The summed E-state index contributed by atoms with van der Waals surface area (Å²) >= 11 is 0. The summed E-state index contributed by atoms with van der Waals surface area (Å²) in [6.45, 7) is 0. The molecular formula is C19H13F4N3O2. The van der Waals surface area contributed by atoms with E-state index in [1.54, 1.807) is 30.3 Å². The second-order valence-corrected chi connectivity index (χ2v) is 6.34. The van der Waals surface area contributed by atoms with Gasteiger partial charge in [-0.15, -0.1) is 0 Å². The molecule has 1 aliphatic rings. The van der Waals surface area contributed by atoms with E-state index in [1.807, 2.05) is 0 Å². The molecule has 3 aromatic rings. The van der Waals surface area contributed by atoms with Gasteiger partial charge in [-0.25, -0.2) is 4.39 Å². The van der Waals surface area contributed by atoms with Gasteiger partial charge in [0.15, 0.2) is 0 Å². The van der Waals surface area contributed by atoms with Gasteiger partial charge in [0.05, 0.1) is 6.04 Å². The Labute approximate surface area is 156 Å². The number of aromatic nitrogens is 2. The minimum absolute atomic E-state index is 0.118. The van der Waals surface area contributed by atoms with Gasteiger partial charge < -0.3 is 9.42 Å². The van der Waals surface area contributed by atoms with Gasteiger partial charge in [0.1, 0.15) is 5.82 Å². The smallest absolute Gasteiger partial charge is 0.329 e. The number of halogens is 4. The molecule has 2 aromatic carbocycles. The molecule has 144 valence electrons. The van der Waals surface area contributed by atoms with Gasteiger partial charge in [-0.3, -0.25) is 4.79 Å². The van der Waals surface area contributed by atoms with Crippen LogP contribution in [0.5, 0.6) is 0 Å². The first-order valence-corrected chi connectivity index (χ1v) is 8.42. The van der Waals surface area contributed by atoms with Gasteiger partial charge in [-0.1, -0.05) is 35.5 Å². The van der Waals surface area contributed by atoms with Crippen LogP contribution in [0.3, 0.4) is 0 Å². The van der Waals surface area contributed by atoms with Crippen molar-refractivity contribution >= 4 is 11.6 Å². The lowest BCUT2D eigenvalue weighted by atomic mass is 10.0. The van der Waals surface area contributed by atoms with Crippen LogP contribution in [-0.2, 0) is 11.0 Å². The third-order valence-corrected chi connectivity index (χ3v) is 4.52. The van der Waals surface area contributed by atoms with Crippen molar-refractivity contribution in [2.24, 2.45) is 0 Å². The molecule has 0 saturated carbocycles. The Hall–Kier alpha value is -3.23. The van der Waals surface area contributed by atoms with Crippen LogP contribution in [-0.4, -0.2) is 16.0 Å². The summed E-state index contributed by atoms with van der Waals surface area (Å²) in [6, 6.07) is 12.0. The van der Waals surface area contributed by atoms with E-state index in [0.29, 0.717) is 24.1 Å². The van der Waals surface area contributed by atoms with E-state index in [2.05, 4.69) is 14.7 Å². The molecule has 1 saturated heterocycles. The molecule has 0 spiro atoms. The fraction of sp³-hybridized carbons (Fsp3) is 0.211. The van der Waals surface area contributed by atoms with E-state index in [0.717, 1.165) is 5.56 Å². The Morgan fingerprint density at radius 1 is 1.11 bits per heavy atom. The van der Waals surface area contributed by atoms with Gasteiger partial charge in [0.2, 0.25) is 11.7 Å². The molecule has 0 aliphatic carbocycles. The van der Waals surface area contributed by atoms with Crippen molar-refractivity contribution in [3.63, 3.8) is 0 Å². The van der Waals surface area contributed by atoms with Crippen LogP contribution < -0.4 is 4.90 Å². The van der Waals surface area contributed by atoms with Crippen LogP contribution in [0, 0.1) is 5.82 Å². The highest BCUT2D eigenvalue weighted by Gasteiger charge is 2.38. The highest BCUT2D eigenvalue weighted by Crippen LogP contribution is 2.38. The predicted molar refractivity (Wildman–Crippen MR) is 90.6 cm³/mol. The average Bonchev–Trinajstić information content (AvgIpc) is 3.29. The summed E-state index contributed by atoms with van der Waals surface area (Å²) in [6.07, 6.45) is -3.83. The van der Waals surface area contributed by atoms with Crippen LogP contribution in [0.2, 0.25) is 0 Å². The van der Waals surface area contributed by atoms with Crippen molar-refractivity contribution in [1.29, 1.82) is 0 Å². The number of nitrogens with zero attached hydrogens (tertiary/aromatic N) is 3. The molecule has 1 fully saturated rings. The highest BCUT2D eigenvalue weighted by molar-refractivity contribution is 5.96. The second kappa shape index (κ2) is 6.74. The number of hydrogen-bond acceptors (Lipinski definition) is 4. The molecule has 4 rings (SSSR count). The lowest BCUT2D eigenvalue weighted by Crippen LogP contribution is -2.27. The summed E-state index contributed by atoms with van der Waals surface area (Å²) in [5, 5.41) is 3.35. The minimum Gasteiger partial charge on any atom is -0.329 e. The Morgan fingerprint density at radius 3 is 2.50 bits per heavy atom. The Balaban J connectivity index is 1.61. The molecular weight excluding hydrogens is 378 g/mol. The molecule has 1 unspecified atom stereocenters. The molecule has 1 aliphatic heterocycles. The zero-order valence-corrected chi connectivity index (χ0v) is 14.3. The first kappa shape index (κ1) is 18.1. The van der Waals surface area contributed by atoms with Crippen molar-refractivity contribution in [3.05, 3.63) is 65.8 Å². The van der Waals surface area contributed by atoms with Crippen LogP contribution in [0.15, 0.2) is 53.1 Å². The Kier molecular flexibility index (Phi) is 4.37. The van der Waals surface area contributed by atoms with E-state index in [1.165, 1.54) is 23.1 Å². The fourth-order valence-corrected chi connectivity index (χ4v) is 3.26. The van der Waals surface area contributed by atoms with E-state index >= 15 is 0 Å². The van der Waals surface area contributed by atoms with Gasteiger partial charge in [0.25, 0.3) is 0 Å². The van der Waals surface area contributed by atoms with Gasteiger partial charge >= 0.3 is 12.1 Å². The number of carbonyl (C=O) groups excluding carboxylic acids is 1. The molecule has 1 aromatic heterocycles. The maximum absolute atomic E-state index is 13.6. The van der Waals surface area contributed by atoms with Crippen molar-refractivity contribution in [3.8, 4) is 11.4 Å². The van der Waals surface area contributed by atoms with Gasteiger partial charge in [-0.2, -0.15) is 18.2 Å². The monoisotopic (exact) mass is 391 g/mol. The van der Waals surface area contributed by atoms with Gasteiger partial charge in [0, 0.05) is 17.7 Å². The minimum atomic E-state index is -4.71. The second-order valence-electron chi connectivity index (χ2n) is 6.34. The first-order chi connectivity index (χ1) is 13.3. The van der Waals surface area contributed by atoms with Crippen molar-refractivity contribution in [2.45, 2.75) is 25.1 Å². The Bertz CT molecular complexity index is 1010. The summed E-state index contributed by atoms with van der Waals surface area (Å²) < 4.78 is 55.6. The predicted octanol–water partition coefficient (Wildman–Crippen LogP) is 4.76. The van der Waals surface area contributed by atoms with Crippen LogP contribution in [0.25, 0.3) is 11.4 Å². The summed E-state index contributed by atoms with van der Waals surface area (Å²) in [7, 11) is 0. The summed E-state index contributed by atoms with van der Waals surface area (Å²) in [4.78, 5) is 17.2. The number of rotatable bonds is 3. The Morgan fingerprint density at radius 2 is 1.86 bits per heavy atom. The molecule has 2 heterocycles. The van der Waals surface area contributed by atoms with Crippen LogP contribution >= 0.6 is 0 Å². The molecule has 1 atom stereocenters. The summed E-state index contributed by atoms with van der Waals surface area (Å²) in [5.74, 6) is -2.15. The molecule has 0 bridgehead atoms. The summed E-state index contributed by atoms with van der Waals surface area (Å²) in [5.41, 5.74) is 1.59. The lowest BCUT2D eigenvalue weighted by Gasteiger charge is -2.25. The number of alkyl halides is 3. The molecule has 0 N–H and O–H groups in total. The molecule has 0 radical (unpaired) electrons. The number of amides is 1. The quantitative estimate of drug-likeness (QED) is 0.604. The third kappa shape index (κ3) is 3.35. The zero-order valence-electron chi connectivity index (χ0n) is 14.3.